The second-order valence-electron chi connectivity index (χ2n) is 4.28. The van der Waals surface area contributed by atoms with E-state index >= 15 is 0 Å². The van der Waals surface area contributed by atoms with E-state index in [1.54, 1.807) is 13.1 Å². The summed E-state index contributed by atoms with van der Waals surface area (Å²) in [7, 11) is 2.85. The maximum atomic E-state index is 11.9. The van der Waals surface area contributed by atoms with E-state index in [-0.39, 0.29) is 5.56 Å². The fourth-order valence-corrected chi connectivity index (χ4v) is 2.54. The van der Waals surface area contributed by atoms with Crippen LogP contribution in [0.3, 0.4) is 0 Å². The highest BCUT2D eigenvalue weighted by Gasteiger charge is 2.45. The second kappa shape index (κ2) is 4.07. The number of ether oxygens (including phenoxy) is 1. The minimum atomic E-state index is -1.62. The van der Waals surface area contributed by atoms with Gasteiger partial charge in [0.15, 0.2) is 5.60 Å². The maximum absolute atomic E-state index is 11.9. The standard InChI is InChI=1S/C12H12BrNO4/c1-12(17)7-4-6(10(15)18-3)8(13)5-9(7)14(2)11(12)16/h4-5,17H,1-3H3. The number of aliphatic hydroxyl groups is 1. The number of amides is 1. The summed E-state index contributed by atoms with van der Waals surface area (Å²) in [5.74, 6) is -0.950. The molecule has 6 heteroatoms. The summed E-state index contributed by atoms with van der Waals surface area (Å²) in [6.07, 6.45) is 0. The molecular weight excluding hydrogens is 302 g/mol. The number of methoxy groups -OCH3 is 1. The van der Waals surface area contributed by atoms with Crippen LogP contribution in [-0.4, -0.2) is 31.1 Å². The molecule has 1 amide bonds. The van der Waals surface area contributed by atoms with Gasteiger partial charge in [0.25, 0.3) is 5.91 Å². The smallest absolute Gasteiger partial charge is 0.339 e. The summed E-state index contributed by atoms with van der Waals surface area (Å²) in [5.41, 5.74) is -0.365. The Morgan fingerprint density at radius 3 is 2.67 bits per heavy atom. The van der Waals surface area contributed by atoms with Crippen LogP contribution in [0.2, 0.25) is 0 Å². The second-order valence-corrected chi connectivity index (χ2v) is 5.13. The minimum Gasteiger partial charge on any atom is -0.465 e. The van der Waals surface area contributed by atoms with Gasteiger partial charge < -0.3 is 14.7 Å². The predicted molar refractivity (Wildman–Crippen MR) is 68.5 cm³/mol. The third kappa shape index (κ3) is 1.64. The Balaban J connectivity index is 2.67. The van der Waals surface area contributed by atoms with Gasteiger partial charge in [0, 0.05) is 17.1 Å². The lowest BCUT2D eigenvalue weighted by molar-refractivity contribution is -0.133. The third-order valence-corrected chi connectivity index (χ3v) is 3.75. The van der Waals surface area contributed by atoms with Crippen molar-refractivity contribution < 1.29 is 19.4 Å². The number of fused-ring (bicyclic) bond motifs is 1. The fourth-order valence-electron chi connectivity index (χ4n) is 2.05. The lowest BCUT2D eigenvalue weighted by atomic mass is 9.96. The molecule has 1 atom stereocenters. The van der Waals surface area contributed by atoms with Gasteiger partial charge in [-0.3, -0.25) is 4.79 Å². The monoisotopic (exact) mass is 313 g/mol. The molecule has 0 spiro atoms. The van der Waals surface area contributed by atoms with E-state index in [0.717, 1.165) is 0 Å². The van der Waals surface area contributed by atoms with E-state index in [2.05, 4.69) is 20.7 Å². The number of likely N-dealkylation sites (N-methyl/N-ethyl adjacent to an activating group) is 1. The number of hydrogen-bond acceptors (Lipinski definition) is 4. The van der Waals surface area contributed by atoms with E-state index in [1.165, 1.54) is 25.0 Å². The van der Waals surface area contributed by atoms with Gasteiger partial charge >= 0.3 is 5.97 Å². The molecule has 1 heterocycles. The summed E-state index contributed by atoms with van der Waals surface area (Å²) in [4.78, 5) is 24.8. The number of anilines is 1. The number of carbonyl (C=O) groups excluding carboxylic acids is 2. The van der Waals surface area contributed by atoms with Crippen molar-refractivity contribution in [1.29, 1.82) is 0 Å². The van der Waals surface area contributed by atoms with E-state index in [0.29, 0.717) is 15.7 Å². The van der Waals surface area contributed by atoms with Crippen LogP contribution in [-0.2, 0) is 15.1 Å². The number of esters is 1. The molecule has 1 N–H and O–H groups in total. The van der Waals surface area contributed by atoms with E-state index in [4.69, 9.17) is 0 Å². The van der Waals surface area contributed by atoms with Gasteiger partial charge in [-0.1, -0.05) is 0 Å². The summed E-state index contributed by atoms with van der Waals surface area (Å²) in [6, 6.07) is 3.10. The van der Waals surface area contributed by atoms with Crippen molar-refractivity contribution in [3.05, 3.63) is 27.7 Å². The van der Waals surface area contributed by atoms with Crippen molar-refractivity contribution >= 4 is 33.5 Å². The van der Waals surface area contributed by atoms with E-state index in [1.807, 2.05) is 0 Å². The minimum absolute atomic E-state index is 0.277. The van der Waals surface area contributed by atoms with Crippen molar-refractivity contribution in [1.82, 2.24) is 0 Å². The first-order chi connectivity index (χ1) is 8.30. The normalized spacial score (nSPS) is 22.1. The van der Waals surface area contributed by atoms with Gasteiger partial charge in [-0.2, -0.15) is 0 Å². The number of carbonyl (C=O) groups is 2. The fraction of sp³-hybridized carbons (Fsp3) is 0.333. The SMILES string of the molecule is COC(=O)c1cc2c(cc1Br)N(C)C(=O)C2(C)O. The molecule has 1 unspecified atom stereocenters. The van der Waals surface area contributed by atoms with Crippen LogP contribution < -0.4 is 4.90 Å². The van der Waals surface area contributed by atoms with Crippen molar-refractivity contribution in [3.8, 4) is 0 Å². The molecule has 0 radical (unpaired) electrons. The molecule has 0 fully saturated rings. The summed E-state index contributed by atoms with van der Waals surface area (Å²) >= 11 is 3.26. The van der Waals surface area contributed by atoms with Crippen LogP contribution in [0.5, 0.6) is 0 Å². The Labute approximate surface area is 112 Å². The molecule has 0 aliphatic carbocycles. The molecule has 96 valence electrons. The van der Waals surface area contributed by atoms with Crippen molar-refractivity contribution in [2.24, 2.45) is 0 Å². The first-order valence-corrected chi connectivity index (χ1v) is 6.03. The Hall–Kier alpha value is -1.40. The van der Waals surface area contributed by atoms with Gasteiger partial charge in [-0.15, -0.1) is 0 Å². The lowest BCUT2D eigenvalue weighted by Gasteiger charge is -2.15. The molecule has 0 saturated heterocycles. The lowest BCUT2D eigenvalue weighted by Crippen LogP contribution is -2.35. The molecule has 1 aromatic carbocycles. The number of rotatable bonds is 1. The van der Waals surface area contributed by atoms with Crippen LogP contribution in [0.25, 0.3) is 0 Å². The van der Waals surface area contributed by atoms with Crippen molar-refractivity contribution in [2.45, 2.75) is 12.5 Å². The molecule has 5 nitrogen and oxygen atoms in total. The highest BCUT2D eigenvalue weighted by molar-refractivity contribution is 9.10. The van der Waals surface area contributed by atoms with Crippen LogP contribution in [0.15, 0.2) is 16.6 Å². The predicted octanol–water partition coefficient (Wildman–Crippen LogP) is 1.42. The summed E-state index contributed by atoms with van der Waals surface area (Å²) in [6.45, 7) is 1.41. The van der Waals surface area contributed by atoms with E-state index < -0.39 is 17.5 Å². The third-order valence-electron chi connectivity index (χ3n) is 3.10. The summed E-state index contributed by atoms with van der Waals surface area (Å²) in [5, 5.41) is 10.2. The quantitative estimate of drug-likeness (QED) is 0.796. The maximum Gasteiger partial charge on any atom is 0.339 e. The van der Waals surface area contributed by atoms with Crippen LogP contribution >= 0.6 is 15.9 Å². The summed E-state index contributed by atoms with van der Waals surface area (Å²) < 4.78 is 5.17. The van der Waals surface area contributed by atoms with Gasteiger partial charge in [0.05, 0.1) is 18.4 Å². The average molecular weight is 314 g/mol. The first kappa shape index (κ1) is 13.0. The number of halogens is 1. The zero-order valence-electron chi connectivity index (χ0n) is 10.2. The Morgan fingerprint density at radius 2 is 2.11 bits per heavy atom. The Bertz CT molecular complexity index is 553. The topological polar surface area (TPSA) is 66.8 Å². The van der Waals surface area contributed by atoms with Gasteiger partial charge in [-0.25, -0.2) is 4.79 Å². The van der Waals surface area contributed by atoms with Gasteiger partial charge in [0.1, 0.15) is 0 Å². The molecule has 2 rings (SSSR count). The van der Waals surface area contributed by atoms with Gasteiger partial charge in [0.2, 0.25) is 0 Å². The highest BCUT2D eigenvalue weighted by Crippen LogP contribution is 2.41. The number of benzene rings is 1. The number of nitrogens with zero attached hydrogens (tertiary/aromatic N) is 1. The van der Waals surface area contributed by atoms with Crippen LogP contribution in [0, 0.1) is 0 Å². The first-order valence-electron chi connectivity index (χ1n) is 5.23. The largest absolute Gasteiger partial charge is 0.465 e. The van der Waals surface area contributed by atoms with Crippen LogP contribution in [0.4, 0.5) is 5.69 Å². The molecule has 1 aliphatic heterocycles. The van der Waals surface area contributed by atoms with E-state index in [9.17, 15) is 14.7 Å². The zero-order valence-corrected chi connectivity index (χ0v) is 11.7. The Kier molecular flexibility index (Phi) is 2.95. The van der Waals surface area contributed by atoms with Crippen molar-refractivity contribution in [3.63, 3.8) is 0 Å². The Morgan fingerprint density at radius 1 is 1.50 bits per heavy atom. The molecular formula is C12H12BrNO4. The van der Waals surface area contributed by atoms with Crippen molar-refractivity contribution in [2.75, 3.05) is 19.1 Å². The molecule has 18 heavy (non-hydrogen) atoms. The van der Waals surface area contributed by atoms with Crippen LogP contribution in [0.1, 0.15) is 22.8 Å². The molecule has 1 aromatic rings. The highest BCUT2D eigenvalue weighted by atomic mass is 79.9. The van der Waals surface area contributed by atoms with Gasteiger partial charge in [-0.05, 0) is 35.0 Å². The zero-order chi connectivity index (χ0) is 13.7. The average Bonchev–Trinajstić information content (AvgIpc) is 2.49. The number of hydrogen-bond donors (Lipinski definition) is 1. The molecule has 0 aromatic heterocycles. The molecule has 0 bridgehead atoms. The molecule has 0 saturated carbocycles. The molecule has 1 aliphatic rings.